The highest BCUT2D eigenvalue weighted by Crippen LogP contribution is 2.28. The SMILES string of the molecule is CCOC(=O)[C@@H]1CC(=O)N(c2cccc(OC)c2)C1. The Labute approximate surface area is 112 Å². The van der Waals surface area contributed by atoms with Crippen LogP contribution in [0.4, 0.5) is 5.69 Å². The van der Waals surface area contributed by atoms with Crippen LogP contribution in [0.3, 0.4) is 0 Å². The summed E-state index contributed by atoms with van der Waals surface area (Å²) in [5.74, 6) is -0.0592. The molecule has 1 fully saturated rings. The number of amides is 1. The van der Waals surface area contributed by atoms with Crippen molar-refractivity contribution in [3.8, 4) is 5.75 Å². The molecule has 102 valence electrons. The van der Waals surface area contributed by atoms with Crippen LogP contribution in [0.5, 0.6) is 5.75 Å². The first-order valence-electron chi connectivity index (χ1n) is 6.26. The van der Waals surface area contributed by atoms with Crippen molar-refractivity contribution < 1.29 is 19.1 Å². The fraction of sp³-hybridized carbons (Fsp3) is 0.429. The molecular weight excluding hydrogens is 246 g/mol. The fourth-order valence-electron chi connectivity index (χ4n) is 2.15. The maximum atomic E-state index is 12.0. The number of hydrogen-bond donors (Lipinski definition) is 0. The highest BCUT2D eigenvalue weighted by atomic mass is 16.5. The van der Waals surface area contributed by atoms with Crippen molar-refractivity contribution in [3.05, 3.63) is 24.3 Å². The van der Waals surface area contributed by atoms with Gasteiger partial charge in [0.15, 0.2) is 0 Å². The lowest BCUT2D eigenvalue weighted by Gasteiger charge is -2.17. The van der Waals surface area contributed by atoms with E-state index in [1.807, 2.05) is 18.2 Å². The largest absolute Gasteiger partial charge is 0.497 e. The molecule has 0 bridgehead atoms. The van der Waals surface area contributed by atoms with Crippen molar-refractivity contribution in [1.82, 2.24) is 0 Å². The molecule has 19 heavy (non-hydrogen) atoms. The summed E-state index contributed by atoms with van der Waals surface area (Å²) in [7, 11) is 1.58. The first-order valence-corrected chi connectivity index (χ1v) is 6.26. The first kappa shape index (κ1) is 13.4. The Bertz CT molecular complexity index is 486. The summed E-state index contributed by atoms with van der Waals surface area (Å²) in [5.41, 5.74) is 0.746. The van der Waals surface area contributed by atoms with Gasteiger partial charge in [0.05, 0.1) is 19.6 Å². The van der Waals surface area contributed by atoms with Gasteiger partial charge in [0.1, 0.15) is 5.75 Å². The van der Waals surface area contributed by atoms with Crippen molar-refractivity contribution >= 4 is 17.6 Å². The molecule has 0 unspecified atom stereocenters. The molecular formula is C14H17NO4. The van der Waals surface area contributed by atoms with E-state index >= 15 is 0 Å². The van der Waals surface area contributed by atoms with Crippen molar-refractivity contribution in [1.29, 1.82) is 0 Å². The van der Waals surface area contributed by atoms with E-state index in [4.69, 9.17) is 9.47 Å². The standard InChI is InChI=1S/C14H17NO4/c1-3-19-14(17)10-7-13(16)15(9-10)11-5-4-6-12(8-11)18-2/h4-6,8,10H,3,7,9H2,1-2H3/t10-/m1/s1. The van der Waals surface area contributed by atoms with Gasteiger partial charge in [0.2, 0.25) is 5.91 Å². The number of rotatable bonds is 4. The molecule has 0 radical (unpaired) electrons. The minimum Gasteiger partial charge on any atom is -0.497 e. The van der Waals surface area contributed by atoms with Crippen molar-refractivity contribution in [2.75, 3.05) is 25.2 Å². The van der Waals surface area contributed by atoms with Gasteiger partial charge in [0.25, 0.3) is 0 Å². The molecule has 5 nitrogen and oxygen atoms in total. The molecule has 1 aromatic rings. The van der Waals surface area contributed by atoms with Gasteiger partial charge in [0, 0.05) is 24.7 Å². The Morgan fingerprint density at radius 2 is 2.26 bits per heavy atom. The number of hydrogen-bond acceptors (Lipinski definition) is 4. The average molecular weight is 263 g/mol. The van der Waals surface area contributed by atoms with E-state index in [0.29, 0.717) is 18.9 Å². The van der Waals surface area contributed by atoms with Crippen LogP contribution in [0.2, 0.25) is 0 Å². The van der Waals surface area contributed by atoms with E-state index in [-0.39, 0.29) is 24.2 Å². The maximum absolute atomic E-state index is 12.0. The molecule has 1 aromatic carbocycles. The van der Waals surface area contributed by atoms with Gasteiger partial charge in [-0.2, -0.15) is 0 Å². The third-order valence-corrected chi connectivity index (χ3v) is 3.11. The van der Waals surface area contributed by atoms with Gasteiger partial charge in [-0.15, -0.1) is 0 Å². The second-order valence-corrected chi connectivity index (χ2v) is 4.36. The lowest BCUT2D eigenvalue weighted by molar-refractivity contribution is -0.147. The molecule has 0 saturated carbocycles. The predicted molar refractivity (Wildman–Crippen MR) is 70.1 cm³/mol. The summed E-state index contributed by atoms with van der Waals surface area (Å²) in [6, 6.07) is 7.24. The number of nitrogens with zero attached hydrogens (tertiary/aromatic N) is 1. The normalized spacial score (nSPS) is 18.5. The van der Waals surface area contributed by atoms with Crippen LogP contribution >= 0.6 is 0 Å². The zero-order valence-corrected chi connectivity index (χ0v) is 11.1. The molecule has 5 heteroatoms. The number of carbonyl (C=O) groups excluding carboxylic acids is 2. The second-order valence-electron chi connectivity index (χ2n) is 4.36. The van der Waals surface area contributed by atoms with E-state index in [2.05, 4.69) is 0 Å². The number of methoxy groups -OCH3 is 1. The van der Waals surface area contributed by atoms with Gasteiger partial charge in [-0.05, 0) is 19.1 Å². The monoisotopic (exact) mass is 263 g/mol. The van der Waals surface area contributed by atoms with Crippen LogP contribution in [-0.4, -0.2) is 32.1 Å². The van der Waals surface area contributed by atoms with Crippen LogP contribution in [0.25, 0.3) is 0 Å². The van der Waals surface area contributed by atoms with Crippen LogP contribution in [0.15, 0.2) is 24.3 Å². The van der Waals surface area contributed by atoms with E-state index in [9.17, 15) is 9.59 Å². The summed E-state index contributed by atoms with van der Waals surface area (Å²) in [6.07, 6.45) is 0.204. The van der Waals surface area contributed by atoms with Gasteiger partial charge in [-0.25, -0.2) is 0 Å². The molecule has 0 aliphatic carbocycles. The van der Waals surface area contributed by atoms with Gasteiger partial charge < -0.3 is 14.4 Å². The smallest absolute Gasteiger partial charge is 0.311 e. The van der Waals surface area contributed by atoms with Crippen molar-refractivity contribution in [2.24, 2.45) is 5.92 Å². The van der Waals surface area contributed by atoms with Crippen LogP contribution in [0.1, 0.15) is 13.3 Å². The zero-order chi connectivity index (χ0) is 13.8. The Hall–Kier alpha value is -2.04. The fourth-order valence-corrected chi connectivity index (χ4v) is 2.15. The van der Waals surface area contributed by atoms with Gasteiger partial charge in [-0.1, -0.05) is 6.07 Å². The zero-order valence-electron chi connectivity index (χ0n) is 11.1. The summed E-state index contributed by atoms with van der Waals surface area (Å²) in [5, 5.41) is 0. The highest BCUT2D eigenvalue weighted by Gasteiger charge is 2.36. The van der Waals surface area contributed by atoms with E-state index in [1.165, 1.54) is 0 Å². The molecule has 1 amide bonds. The molecule has 0 aromatic heterocycles. The molecule has 2 rings (SSSR count). The van der Waals surface area contributed by atoms with Crippen molar-refractivity contribution in [3.63, 3.8) is 0 Å². The molecule has 1 atom stereocenters. The molecule has 1 aliphatic heterocycles. The summed E-state index contributed by atoms with van der Waals surface area (Å²) < 4.78 is 10.1. The lowest BCUT2D eigenvalue weighted by atomic mass is 10.1. The van der Waals surface area contributed by atoms with Gasteiger partial charge >= 0.3 is 5.97 Å². The minimum absolute atomic E-state index is 0.0636. The van der Waals surface area contributed by atoms with E-state index in [0.717, 1.165) is 5.69 Å². The topological polar surface area (TPSA) is 55.8 Å². The van der Waals surface area contributed by atoms with Crippen LogP contribution in [0, 0.1) is 5.92 Å². The Morgan fingerprint density at radius 1 is 1.47 bits per heavy atom. The molecule has 1 heterocycles. The minimum atomic E-state index is -0.376. The third kappa shape index (κ3) is 2.86. The Kier molecular flexibility index (Phi) is 4.04. The summed E-state index contributed by atoms with van der Waals surface area (Å²) >= 11 is 0. The number of ether oxygens (including phenoxy) is 2. The number of esters is 1. The molecule has 0 N–H and O–H groups in total. The third-order valence-electron chi connectivity index (χ3n) is 3.11. The molecule has 0 spiro atoms. The van der Waals surface area contributed by atoms with Crippen LogP contribution < -0.4 is 9.64 Å². The molecule has 1 saturated heterocycles. The van der Waals surface area contributed by atoms with E-state index in [1.54, 1.807) is 25.0 Å². The van der Waals surface area contributed by atoms with Crippen molar-refractivity contribution in [2.45, 2.75) is 13.3 Å². The molecule has 1 aliphatic rings. The first-order chi connectivity index (χ1) is 9.15. The number of anilines is 1. The second kappa shape index (κ2) is 5.73. The Morgan fingerprint density at radius 3 is 2.95 bits per heavy atom. The van der Waals surface area contributed by atoms with E-state index < -0.39 is 0 Å². The average Bonchev–Trinajstić information content (AvgIpc) is 2.81. The Balaban J connectivity index is 2.13. The summed E-state index contributed by atoms with van der Waals surface area (Å²) in [6.45, 7) is 2.46. The quantitative estimate of drug-likeness (QED) is 0.774. The van der Waals surface area contributed by atoms with Crippen LogP contribution in [-0.2, 0) is 14.3 Å². The number of carbonyl (C=O) groups is 2. The lowest BCUT2D eigenvalue weighted by Crippen LogP contribution is -2.26. The predicted octanol–water partition coefficient (Wildman–Crippen LogP) is 1.61. The number of benzene rings is 1. The summed E-state index contributed by atoms with van der Waals surface area (Å²) in [4.78, 5) is 25.2. The highest BCUT2D eigenvalue weighted by molar-refractivity contribution is 5.99. The maximum Gasteiger partial charge on any atom is 0.311 e. The van der Waals surface area contributed by atoms with Gasteiger partial charge in [-0.3, -0.25) is 9.59 Å².